The third-order valence-corrected chi connectivity index (χ3v) is 6.20. The molecular weight excluding hydrogens is 444 g/mol. The minimum Gasteiger partial charge on any atom is -0.486 e. The van der Waals surface area contributed by atoms with E-state index in [2.05, 4.69) is 5.32 Å². The average molecular weight is 464 g/mol. The van der Waals surface area contributed by atoms with Crippen molar-refractivity contribution in [2.24, 2.45) is 5.73 Å². The maximum Gasteiger partial charge on any atom is 0.341 e. The molecule has 0 aliphatic rings. The van der Waals surface area contributed by atoms with Gasteiger partial charge in [-0.15, -0.1) is 11.3 Å². The summed E-state index contributed by atoms with van der Waals surface area (Å²) < 4.78 is 16.2. The van der Waals surface area contributed by atoms with Crippen LogP contribution in [0.25, 0.3) is 10.8 Å². The van der Waals surface area contributed by atoms with Crippen molar-refractivity contribution in [1.82, 2.24) is 0 Å². The number of nitrogens with two attached hydrogens (primary N) is 1. The number of methoxy groups -OCH3 is 1. The molecule has 0 bridgehead atoms. The molecule has 9 heteroatoms. The van der Waals surface area contributed by atoms with Crippen LogP contribution in [0.2, 0.25) is 0 Å². The number of primary amides is 1. The Labute approximate surface area is 192 Å². The van der Waals surface area contributed by atoms with Crippen molar-refractivity contribution < 1.29 is 28.3 Å². The van der Waals surface area contributed by atoms with Gasteiger partial charge in [-0.05, 0) is 47.5 Å². The lowest BCUT2D eigenvalue weighted by Gasteiger charge is -2.06. The van der Waals surface area contributed by atoms with Crippen LogP contribution in [0.3, 0.4) is 0 Å². The summed E-state index contributed by atoms with van der Waals surface area (Å²) in [6, 6.07) is 16.8. The van der Waals surface area contributed by atoms with Crippen LogP contribution in [0, 0.1) is 6.92 Å². The fourth-order valence-electron chi connectivity index (χ4n) is 3.34. The van der Waals surface area contributed by atoms with Crippen molar-refractivity contribution in [2.75, 3.05) is 12.4 Å². The first-order chi connectivity index (χ1) is 15.9. The topological polar surface area (TPSA) is 121 Å². The summed E-state index contributed by atoms with van der Waals surface area (Å²) in [5, 5.41) is 4.92. The van der Waals surface area contributed by atoms with Crippen molar-refractivity contribution in [3.8, 4) is 5.75 Å². The van der Waals surface area contributed by atoms with E-state index in [0.717, 1.165) is 22.1 Å². The van der Waals surface area contributed by atoms with Gasteiger partial charge in [-0.1, -0.05) is 30.3 Å². The molecule has 2 amide bonds. The Balaban J connectivity index is 1.47. The van der Waals surface area contributed by atoms with Gasteiger partial charge in [0.2, 0.25) is 0 Å². The van der Waals surface area contributed by atoms with Crippen molar-refractivity contribution in [2.45, 2.75) is 13.5 Å². The van der Waals surface area contributed by atoms with Gasteiger partial charge >= 0.3 is 5.97 Å². The highest BCUT2D eigenvalue weighted by atomic mass is 32.1. The molecule has 168 valence electrons. The first-order valence-corrected chi connectivity index (χ1v) is 10.7. The van der Waals surface area contributed by atoms with E-state index in [9.17, 15) is 14.4 Å². The predicted octanol–water partition coefficient (Wildman–Crippen LogP) is 4.52. The van der Waals surface area contributed by atoms with Crippen LogP contribution in [0.1, 0.15) is 41.9 Å². The number of nitrogens with one attached hydrogen (secondary N) is 1. The highest BCUT2D eigenvalue weighted by molar-refractivity contribution is 7.18. The molecule has 2 heterocycles. The first-order valence-electron chi connectivity index (χ1n) is 9.90. The van der Waals surface area contributed by atoms with Crippen LogP contribution in [0.4, 0.5) is 5.00 Å². The molecule has 2 aromatic carbocycles. The van der Waals surface area contributed by atoms with Crippen LogP contribution < -0.4 is 15.8 Å². The van der Waals surface area contributed by atoms with Crippen LogP contribution in [0.15, 0.2) is 59.0 Å². The first kappa shape index (κ1) is 22.1. The fourth-order valence-corrected chi connectivity index (χ4v) is 4.38. The van der Waals surface area contributed by atoms with E-state index < -0.39 is 17.8 Å². The Bertz CT molecular complexity index is 1370. The number of fused-ring (bicyclic) bond motifs is 1. The Morgan fingerprint density at radius 2 is 1.82 bits per heavy atom. The average Bonchev–Trinajstić information content (AvgIpc) is 3.41. The second kappa shape index (κ2) is 9.17. The summed E-state index contributed by atoms with van der Waals surface area (Å²) in [7, 11) is 1.21. The lowest BCUT2D eigenvalue weighted by atomic mass is 10.1. The van der Waals surface area contributed by atoms with Crippen molar-refractivity contribution in [1.29, 1.82) is 0 Å². The van der Waals surface area contributed by atoms with Gasteiger partial charge in [-0.25, -0.2) is 4.79 Å². The standard InChI is InChI=1S/C24H20N2O6S/c1-13-19(24(29)30-2)23(33-20(13)21(25)27)26-22(28)18-10-9-17(32-18)12-31-16-8-7-14-5-3-4-6-15(14)11-16/h3-11H,12H2,1-2H3,(H2,25,27)(H,26,28). The van der Waals surface area contributed by atoms with Gasteiger partial charge in [0.25, 0.3) is 11.8 Å². The molecule has 8 nitrogen and oxygen atoms in total. The van der Waals surface area contributed by atoms with Crippen molar-refractivity contribution in [3.63, 3.8) is 0 Å². The number of esters is 1. The second-order valence-corrected chi connectivity index (χ2v) is 8.15. The fraction of sp³-hybridized carbons (Fsp3) is 0.125. The molecule has 0 unspecified atom stereocenters. The number of benzene rings is 2. The van der Waals surface area contributed by atoms with Crippen LogP contribution >= 0.6 is 11.3 Å². The summed E-state index contributed by atoms with van der Waals surface area (Å²) in [5.41, 5.74) is 5.80. The Hall–Kier alpha value is -4.11. The molecular formula is C24H20N2O6S. The van der Waals surface area contributed by atoms with E-state index in [4.69, 9.17) is 19.6 Å². The van der Waals surface area contributed by atoms with E-state index in [1.165, 1.54) is 13.2 Å². The Morgan fingerprint density at radius 3 is 2.55 bits per heavy atom. The molecule has 0 spiro atoms. The normalized spacial score (nSPS) is 10.7. The zero-order valence-electron chi connectivity index (χ0n) is 17.8. The number of hydrogen-bond donors (Lipinski definition) is 2. The van der Waals surface area contributed by atoms with E-state index in [-0.39, 0.29) is 27.8 Å². The van der Waals surface area contributed by atoms with E-state index in [0.29, 0.717) is 17.1 Å². The number of furan rings is 1. The van der Waals surface area contributed by atoms with Gasteiger partial charge in [0.05, 0.1) is 17.6 Å². The van der Waals surface area contributed by atoms with Crippen LogP contribution in [-0.2, 0) is 11.3 Å². The maximum absolute atomic E-state index is 12.7. The summed E-state index contributed by atoms with van der Waals surface area (Å²) in [6.07, 6.45) is 0. The summed E-state index contributed by atoms with van der Waals surface area (Å²) in [5.74, 6) is -0.831. The molecule has 4 aromatic rings. The van der Waals surface area contributed by atoms with Crippen LogP contribution in [-0.4, -0.2) is 24.9 Å². The highest BCUT2D eigenvalue weighted by Crippen LogP contribution is 2.34. The number of amides is 2. The monoisotopic (exact) mass is 464 g/mol. The highest BCUT2D eigenvalue weighted by Gasteiger charge is 2.26. The number of carbonyl (C=O) groups excluding carboxylic acids is 3. The number of anilines is 1. The lowest BCUT2D eigenvalue weighted by Crippen LogP contribution is -2.14. The van der Waals surface area contributed by atoms with Gasteiger partial charge in [0, 0.05) is 0 Å². The van der Waals surface area contributed by atoms with E-state index >= 15 is 0 Å². The van der Waals surface area contributed by atoms with Gasteiger partial charge in [-0.3, -0.25) is 9.59 Å². The molecule has 2 aromatic heterocycles. The Morgan fingerprint density at radius 1 is 1.06 bits per heavy atom. The molecule has 0 fully saturated rings. The lowest BCUT2D eigenvalue weighted by molar-refractivity contribution is 0.0601. The van der Waals surface area contributed by atoms with Crippen molar-refractivity contribution in [3.05, 3.63) is 82.1 Å². The third-order valence-electron chi connectivity index (χ3n) is 4.97. The second-order valence-electron chi connectivity index (χ2n) is 7.13. The smallest absolute Gasteiger partial charge is 0.341 e. The van der Waals surface area contributed by atoms with Gasteiger partial charge in [0.1, 0.15) is 23.1 Å². The Kier molecular flexibility index (Phi) is 6.14. The number of rotatable bonds is 7. The van der Waals surface area contributed by atoms with Gasteiger partial charge in [-0.2, -0.15) is 0 Å². The molecule has 0 atom stereocenters. The number of hydrogen-bond acceptors (Lipinski definition) is 7. The minimum absolute atomic E-state index is 0.0228. The molecule has 3 N–H and O–H groups in total. The van der Waals surface area contributed by atoms with Gasteiger partial charge in [0.15, 0.2) is 5.76 Å². The third kappa shape index (κ3) is 4.58. The molecule has 0 aliphatic heterocycles. The molecule has 0 aliphatic carbocycles. The molecule has 33 heavy (non-hydrogen) atoms. The molecule has 4 rings (SSSR count). The molecule has 0 saturated carbocycles. The summed E-state index contributed by atoms with van der Waals surface area (Å²) in [4.78, 5) is 36.7. The van der Waals surface area contributed by atoms with Gasteiger partial charge < -0.3 is 24.9 Å². The van der Waals surface area contributed by atoms with Crippen molar-refractivity contribution >= 4 is 44.9 Å². The number of thiophene rings is 1. The SMILES string of the molecule is COC(=O)c1c(NC(=O)c2ccc(COc3ccc4ccccc4c3)o2)sc(C(N)=O)c1C. The summed E-state index contributed by atoms with van der Waals surface area (Å²) >= 11 is 0.902. The molecule has 0 saturated heterocycles. The molecule has 0 radical (unpaired) electrons. The predicted molar refractivity (Wildman–Crippen MR) is 124 cm³/mol. The minimum atomic E-state index is -0.700. The number of carbonyl (C=O) groups is 3. The van der Waals surface area contributed by atoms with Crippen LogP contribution in [0.5, 0.6) is 5.75 Å². The summed E-state index contributed by atoms with van der Waals surface area (Å²) in [6.45, 7) is 1.69. The maximum atomic E-state index is 12.7. The number of ether oxygens (including phenoxy) is 2. The van der Waals surface area contributed by atoms with E-state index in [1.807, 2.05) is 42.5 Å². The largest absolute Gasteiger partial charge is 0.486 e. The quantitative estimate of drug-likeness (QED) is 0.388. The van der Waals surface area contributed by atoms with E-state index in [1.54, 1.807) is 13.0 Å². The zero-order chi connectivity index (χ0) is 23.5. The zero-order valence-corrected chi connectivity index (χ0v) is 18.7.